The number of nitrogens with one attached hydrogen (secondary N) is 1. The number of imidazole rings is 1. The molecule has 36 heavy (non-hydrogen) atoms. The van der Waals surface area contributed by atoms with Crippen molar-refractivity contribution in [3.8, 4) is 11.3 Å². The Bertz CT molecular complexity index is 1270. The van der Waals surface area contributed by atoms with E-state index in [9.17, 15) is 5.11 Å². The number of rotatable bonds is 8. The standard InChI is InChI=1S/C26H32N8O2/c35-13-12-32-8-10-33(11-9-32)26-30-24(23-25(31-26)34(18-29-23)21-3-1-2-4-21)28-16-19-5-6-22(27-15-19)20-7-14-36-17-20/h5-7,14-15,17-18,21,35H,1-4,8-13,16H2,(H,28,30,31). The van der Waals surface area contributed by atoms with Gasteiger partial charge >= 0.3 is 0 Å². The molecule has 0 atom stereocenters. The Balaban J connectivity index is 1.26. The van der Waals surface area contributed by atoms with E-state index in [-0.39, 0.29) is 6.61 Å². The number of nitrogens with zero attached hydrogens (tertiary/aromatic N) is 7. The first kappa shape index (κ1) is 22.9. The average Bonchev–Trinajstić information content (AvgIpc) is 3.70. The van der Waals surface area contributed by atoms with Gasteiger partial charge in [-0.05, 0) is 30.5 Å². The number of aliphatic hydroxyl groups is 1. The summed E-state index contributed by atoms with van der Waals surface area (Å²) in [6.45, 7) is 4.94. The lowest BCUT2D eigenvalue weighted by Gasteiger charge is -2.34. The number of β-amino-alcohol motifs (C(OH)–C–C–N with tert-alkyl or cyclic N) is 1. The summed E-state index contributed by atoms with van der Waals surface area (Å²) in [6.07, 6.45) is 12.0. The number of piperazine rings is 1. The number of anilines is 2. The number of fused-ring (bicyclic) bond motifs is 1. The van der Waals surface area contributed by atoms with E-state index in [2.05, 4.69) is 30.7 Å². The van der Waals surface area contributed by atoms with Crippen molar-refractivity contribution >= 4 is 22.9 Å². The molecule has 188 valence electrons. The van der Waals surface area contributed by atoms with Crippen LogP contribution in [0, 0.1) is 0 Å². The third-order valence-electron chi connectivity index (χ3n) is 7.30. The Morgan fingerprint density at radius 1 is 1.03 bits per heavy atom. The molecule has 2 aliphatic rings. The number of furan rings is 1. The number of hydrogen-bond acceptors (Lipinski definition) is 9. The summed E-state index contributed by atoms with van der Waals surface area (Å²) in [5.41, 5.74) is 4.62. The van der Waals surface area contributed by atoms with Gasteiger partial charge in [0.25, 0.3) is 0 Å². The first-order valence-electron chi connectivity index (χ1n) is 12.8. The molecule has 10 heteroatoms. The monoisotopic (exact) mass is 488 g/mol. The van der Waals surface area contributed by atoms with Crippen molar-refractivity contribution in [2.75, 3.05) is 49.5 Å². The van der Waals surface area contributed by atoms with E-state index in [1.54, 1.807) is 12.5 Å². The Labute approximate surface area is 210 Å². The van der Waals surface area contributed by atoms with Crippen molar-refractivity contribution in [1.29, 1.82) is 0 Å². The molecule has 4 aromatic rings. The summed E-state index contributed by atoms with van der Waals surface area (Å²) >= 11 is 0. The quantitative estimate of drug-likeness (QED) is 0.386. The fourth-order valence-corrected chi connectivity index (χ4v) is 5.23. The summed E-state index contributed by atoms with van der Waals surface area (Å²) in [6, 6.07) is 6.43. The number of aromatic nitrogens is 5. The average molecular weight is 489 g/mol. The minimum Gasteiger partial charge on any atom is -0.472 e. The van der Waals surface area contributed by atoms with Crippen molar-refractivity contribution in [2.24, 2.45) is 0 Å². The van der Waals surface area contributed by atoms with Crippen LogP contribution in [0.15, 0.2) is 47.7 Å². The molecule has 1 aliphatic heterocycles. The first-order valence-corrected chi connectivity index (χ1v) is 12.8. The molecule has 2 fully saturated rings. The topological polar surface area (TPSA) is 108 Å². The van der Waals surface area contributed by atoms with Gasteiger partial charge in [0.15, 0.2) is 17.0 Å². The number of pyridine rings is 1. The van der Waals surface area contributed by atoms with E-state index in [0.717, 1.165) is 65.9 Å². The fourth-order valence-electron chi connectivity index (χ4n) is 5.23. The van der Waals surface area contributed by atoms with Crippen LogP contribution in [0.25, 0.3) is 22.4 Å². The summed E-state index contributed by atoms with van der Waals surface area (Å²) in [7, 11) is 0. The van der Waals surface area contributed by atoms with Gasteiger partial charge in [-0.15, -0.1) is 0 Å². The molecule has 0 radical (unpaired) electrons. The number of aliphatic hydroxyl groups excluding tert-OH is 1. The predicted octanol–water partition coefficient (Wildman–Crippen LogP) is 3.32. The van der Waals surface area contributed by atoms with Crippen LogP contribution < -0.4 is 10.2 Å². The lowest BCUT2D eigenvalue weighted by atomic mass is 10.2. The molecule has 0 spiro atoms. The second kappa shape index (κ2) is 10.2. The highest BCUT2D eigenvalue weighted by Gasteiger charge is 2.24. The molecule has 0 amide bonds. The second-order valence-corrected chi connectivity index (χ2v) is 9.60. The maximum atomic E-state index is 9.28. The molecule has 0 aromatic carbocycles. The zero-order valence-electron chi connectivity index (χ0n) is 20.4. The molecule has 1 aliphatic carbocycles. The lowest BCUT2D eigenvalue weighted by Crippen LogP contribution is -2.47. The van der Waals surface area contributed by atoms with E-state index < -0.39 is 0 Å². The van der Waals surface area contributed by atoms with Crippen molar-refractivity contribution < 1.29 is 9.52 Å². The van der Waals surface area contributed by atoms with E-state index in [1.807, 2.05) is 24.7 Å². The lowest BCUT2D eigenvalue weighted by molar-refractivity contribution is 0.188. The van der Waals surface area contributed by atoms with Crippen molar-refractivity contribution in [1.82, 2.24) is 29.4 Å². The van der Waals surface area contributed by atoms with Crippen molar-refractivity contribution in [3.63, 3.8) is 0 Å². The molecule has 0 unspecified atom stereocenters. The Hall–Kier alpha value is -3.50. The van der Waals surface area contributed by atoms with Crippen LogP contribution in [0.1, 0.15) is 37.3 Å². The van der Waals surface area contributed by atoms with Gasteiger partial charge in [0.2, 0.25) is 5.95 Å². The van der Waals surface area contributed by atoms with E-state index >= 15 is 0 Å². The largest absolute Gasteiger partial charge is 0.472 e. The van der Waals surface area contributed by atoms with Crippen LogP contribution in [-0.4, -0.2) is 73.8 Å². The fraction of sp³-hybridized carbons (Fsp3) is 0.462. The molecule has 1 saturated carbocycles. The van der Waals surface area contributed by atoms with Crippen molar-refractivity contribution in [2.45, 2.75) is 38.3 Å². The summed E-state index contributed by atoms with van der Waals surface area (Å²) < 4.78 is 7.42. The summed E-state index contributed by atoms with van der Waals surface area (Å²) in [5.74, 6) is 1.49. The van der Waals surface area contributed by atoms with Crippen LogP contribution in [0.4, 0.5) is 11.8 Å². The van der Waals surface area contributed by atoms with Gasteiger partial charge in [-0.3, -0.25) is 9.88 Å². The van der Waals surface area contributed by atoms with Crippen LogP contribution >= 0.6 is 0 Å². The second-order valence-electron chi connectivity index (χ2n) is 9.60. The molecule has 1 saturated heterocycles. The third kappa shape index (κ3) is 4.66. The molecule has 10 nitrogen and oxygen atoms in total. The van der Waals surface area contributed by atoms with E-state index in [1.165, 1.54) is 25.7 Å². The van der Waals surface area contributed by atoms with Crippen LogP contribution in [0.5, 0.6) is 0 Å². The molecule has 2 N–H and O–H groups in total. The van der Waals surface area contributed by atoms with Crippen molar-refractivity contribution in [3.05, 3.63) is 48.8 Å². The van der Waals surface area contributed by atoms with Gasteiger partial charge in [-0.25, -0.2) is 4.98 Å². The van der Waals surface area contributed by atoms with Crippen LogP contribution in [0.2, 0.25) is 0 Å². The SMILES string of the molecule is OCCN1CCN(c2nc(NCc3ccc(-c4ccoc4)nc3)c3ncn(C4CCCC4)c3n2)CC1. The van der Waals surface area contributed by atoms with E-state index in [0.29, 0.717) is 19.1 Å². The Kier molecular flexibility index (Phi) is 6.52. The van der Waals surface area contributed by atoms with Gasteiger partial charge in [-0.1, -0.05) is 18.9 Å². The van der Waals surface area contributed by atoms with Gasteiger partial charge in [0.05, 0.1) is 31.2 Å². The first-order chi connectivity index (χ1) is 17.8. The highest BCUT2D eigenvalue weighted by molar-refractivity contribution is 5.84. The zero-order valence-corrected chi connectivity index (χ0v) is 20.4. The molecular formula is C26H32N8O2. The Morgan fingerprint density at radius 2 is 1.89 bits per heavy atom. The summed E-state index contributed by atoms with van der Waals surface area (Å²) in [5, 5.41) is 12.8. The minimum absolute atomic E-state index is 0.189. The van der Waals surface area contributed by atoms with Gasteiger partial charge in [-0.2, -0.15) is 9.97 Å². The molecule has 0 bridgehead atoms. The normalized spacial score (nSPS) is 17.3. The van der Waals surface area contributed by atoms with Crippen LogP contribution in [0.3, 0.4) is 0 Å². The Morgan fingerprint density at radius 3 is 2.61 bits per heavy atom. The maximum Gasteiger partial charge on any atom is 0.229 e. The van der Waals surface area contributed by atoms with Crippen LogP contribution in [-0.2, 0) is 6.54 Å². The number of hydrogen-bond donors (Lipinski definition) is 2. The zero-order chi connectivity index (χ0) is 24.3. The van der Waals surface area contributed by atoms with Gasteiger partial charge in [0.1, 0.15) is 0 Å². The third-order valence-corrected chi connectivity index (χ3v) is 7.30. The van der Waals surface area contributed by atoms with E-state index in [4.69, 9.17) is 19.4 Å². The predicted molar refractivity (Wildman–Crippen MR) is 138 cm³/mol. The molecule has 4 aromatic heterocycles. The minimum atomic E-state index is 0.189. The highest BCUT2D eigenvalue weighted by Crippen LogP contribution is 2.33. The molecule has 6 rings (SSSR count). The maximum absolute atomic E-state index is 9.28. The smallest absolute Gasteiger partial charge is 0.229 e. The summed E-state index contributed by atoms with van der Waals surface area (Å²) in [4.78, 5) is 23.8. The molecular weight excluding hydrogens is 456 g/mol. The highest BCUT2D eigenvalue weighted by atomic mass is 16.3. The molecule has 5 heterocycles. The van der Waals surface area contributed by atoms with Gasteiger partial charge < -0.3 is 24.3 Å². The van der Waals surface area contributed by atoms with Gasteiger partial charge in [0, 0.05) is 57.1 Å².